The summed E-state index contributed by atoms with van der Waals surface area (Å²) in [4.78, 5) is 25.2. The molecule has 0 bridgehead atoms. The highest BCUT2D eigenvalue weighted by atomic mass is 16.2. The van der Waals surface area contributed by atoms with Crippen LogP contribution in [0.25, 0.3) is 0 Å². The minimum absolute atomic E-state index is 0.00190. The first kappa shape index (κ1) is 17.9. The van der Waals surface area contributed by atoms with E-state index in [2.05, 4.69) is 30.4 Å². The fraction of sp³-hybridized carbons (Fsp3) is 0.722. The van der Waals surface area contributed by atoms with Gasteiger partial charge >= 0.3 is 6.03 Å². The minimum Gasteiger partial charge on any atom is -0.338 e. The van der Waals surface area contributed by atoms with Crippen LogP contribution in [-0.2, 0) is 0 Å². The molecule has 7 heteroatoms. The smallest absolute Gasteiger partial charge is 0.315 e. The molecule has 1 aromatic rings. The van der Waals surface area contributed by atoms with Crippen molar-refractivity contribution in [2.75, 3.05) is 44.2 Å². The van der Waals surface area contributed by atoms with Crippen molar-refractivity contribution in [1.82, 2.24) is 25.5 Å². The Balaban J connectivity index is 1.25. The Bertz CT molecular complexity index is 512. The van der Waals surface area contributed by atoms with E-state index in [1.165, 1.54) is 19.3 Å². The second kappa shape index (κ2) is 9.56. The van der Waals surface area contributed by atoms with Gasteiger partial charge in [0.15, 0.2) is 0 Å². The highest BCUT2D eigenvalue weighted by molar-refractivity contribution is 5.74. The van der Waals surface area contributed by atoms with Crippen molar-refractivity contribution in [3.05, 3.63) is 18.5 Å². The lowest BCUT2D eigenvalue weighted by molar-refractivity contribution is 0.229. The molecule has 138 valence electrons. The first-order valence-corrected chi connectivity index (χ1v) is 9.60. The summed E-state index contributed by atoms with van der Waals surface area (Å²) in [5.41, 5.74) is 0. The number of hydrogen-bond acceptors (Lipinski definition) is 5. The maximum absolute atomic E-state index is 11.9. The van der Waals surface area contributed by atoms with E-state index >= 15 is 0 Å². The summed E-state index contributed by atoms with van der Waals surface area (Å²) in [5.74, 6) is 0.822. The van der Waals surface area contributed by atoms with Gasteiger partial charge in [-0.25, -0.2) is 14.8 Å². The number of carbonyl (C=O) groups excluding carboxylic acids is 1. The first-order valence-electron chi connectivity index (χ1n) is 9.60. The maximum Gasteiger partial charge on any atom is 0.315 e. The van der Waals surface area contributed by atoms with Crippen LogP contribution in [0.1, 0.15) is 38.5 Å². The van der Waals surface area contributed by atoms with Gasteiger partial charge in [0.25, 0.3) is 0 Å². The van der Waals surface area contributed by atoms with Crippen LogP contribution in [0.15, 0.2) is 18.5 Å². The van der Waals surface area contributed by atoms with Crippen LogP contribution in [0, 0.1) is 0 Å². The summed E-state index contributed by atoms with van der Waals surface area (Å²) < 4.78 is 0. The van der Waals surface area contributed by atoms with Gasteiger partial charge < -0.3 is 15.5 Å². The van der Waals surface area contributed by atoms with Crippen LogP contribution < -0.4 is 15.5 Å². The molecule has 7 nitrogen and oxygen atoms in total. The number of amides is 2. The van der Waals surface area contributed by atoms with E-state index in [0.29, 0.717) is 6.04 Å². The van der Waals surface area contributed by atoms with Crippen molar-refractivity contribution < 1.29 is 4.79 Å². The third kappa shape index (κ3) is 5.85. The molecule has 1 saturated carbocycles. The predicted molar refractivity (Wildman–Crippen MR) is 98.7 cm³/mol. The summed E-state index contributed by atoms with van der Waals surface area (Å²) in [6.45, 7) is 5.71. The van der Waals surface area contributed by atoms with Gasteiger partial charge in [-0.15, -0.1) is 0 Å². The van der Waals surface area contributed by atoms with E-state index in [4.69, 9.17) is 0 Å². The van der Waals surface area contributed by atoms with Crippen molar-refractivity contribution in [2.24, 2.45) is 0 Å². The lowest BCUT2D eigenvalue weighted by Crippen LogP contribution is -2.48. The van der Waals surface area contributed by atoms with Gasteiger partial charge in [-0.1, -0.05) is 19.3 Å². The number of hydrogen-bond donors (Lipinski definition) is 2. The lowest BCUT2D eigenvalue weighted by atomic mass is 9.96. The largest absolute Gasteiger partial charge is 0.338 e. The van der Waals surface area contributed by atoms with Crippen LogP contribution in [0.3, 0.4) is 0 Å². The predicted octanol–water partition coefficient (Wildman–Crippen LogP) is 1.62. The highest BCUT2D eigenvalue weighted by Gasteiger charge is 2.18. The molecule has 2 N–H and O–H groups in total. The molecule has 3 rings (SSSR count). The number of nitrogens with one attached hydrogen (secondary N) is 2. The summed E-state index contributed by atoms with van der Waals surface area (Å²) in [7, 11) is 0. The molecule has 2 amide bonds. The van der Waals surface area contributed by atoms with E-state index in [9.17, 15) is 4.79 Å². The standard InChI is InChI=1S/C18H30N6O/c25-18(22-16-6-2-1-3-7-16)21-10-5-11-23-12-14-24(15-13-23)17-19-8-4-9-20-17/h4,8-9,16H,1-3,5-7,10-15H2,(H2,21,22,25). The number of carbonyl (C=O) groups is 1. The maximum atomic E-state index is 11.9. The molecule has 0 atom stereocenters. The van der Waals surface area contributed by atoms with Crippen molar-refractivity contribution >= 4 is 12.0 Å². The molecular weight excluding hydrogens is 316 g/mol. The van der Waals surface area contributed by atoms with E-state index in [0.717, 1.165) is 64.5 Å². The number of aromatic nitrogens is 2. The van der Waals surface area contributed by atoms with Gasteiger partial charge in [-0.05, 0) is 31.9 Å². The zero-order valence-corrected chi connectivity index (χ0v) is 15.0. The van der Waals surface area contributed by atoms with Crippen LogP contribution in [-0.4, -0.2) is 66.2 Å². The number of piperazine rings is 1. The van der Waals surface area contributed by atoms with E-state index in [1.807, 2.05) is 6.07 Å². The number of anilines is 1. The summed E-state index contributed by atoms with van der Waals surface area (Å²) >= 11 is 0. The molecule has 1 aliphatic heterocycles. The lowest BCUT2D eigenvalue weighted by Gasteiger charge is -2.34. The number of nitrogens with zero attached hydrogens (tertiary/aromatic N) is 4. The van der Waals surface area contributed by atoms with Gasteiger partial charge in [0.05, 0.1) is 0 Å². The third-order valence-electron chi connectivity index (χ3n) is 5.08. The molecule has 2 aliphatic rings. The second-order valence-electron chi connectivity index (χ2n) is 6.97. The molecule has 0 unspecified atom stereocenters. The molecule has 2 heterocycles. The molecule has 0 aromatic carbocycles. The van der Waals surface area contributed by atoms with E-state index in [1.54, 1.807) is 12.4 Å². The molecule has 1 saturated heterocycles. The van der Waals surface area contributed by atoms with Gasteiger partial charge in [-0.2, -0.15) is 0 Å². The summed E-state index contributed by atoms with van der Waals surface area (Å²) in [6, 6.07) is 2.22. The quantitative estimate of drug-likeness (QED) is 0.766. The number of rotatable bonds is 6. The SMILES string of the molecule is O=C(NCCCN1CCN(c2ncccn2)CC1)NC1CCCCC1. The Morgan fingerprint density at radius 2 is 1.80 bits per heavy atom. The average molecular weight is 346 g/mol. The Hall–Kier alpha value is -1.89. The second-order valence-corrected chi connectivity index (χ2v) is 6.97. The van der Waals surface area contributed by atoms with Crippen molar-refractivity contribution in [3.63, 3.8) is 0 Å². The minimum atomic E-state index is -0.00190. The first-order chi connectivity index (χ1) is 12.3. The fourth-order valence-electron chi connectivity index (χ4n) is 3.61. The zero-order chi connectivity index (χ0) is 17.3. The van der Waals surface area contributed by atoms with Gasteiger partial charge in [0.2, 0.25) is 5.95 Å². The topological polar surface area (TPSA) is 73.4 Å². The van der Waals surface area contributed by atoms with Gasteiger partial charge in [0, 0.05) is 51.2 Å². The van der Waals surface area contributed by atoms with E-state index < -0.39 is 0 Å². The van der Waals surface area contributed by atoms with Crippen LogP contribution in [0.4, 0.5) is 10.7 Å². The molecule has 2 fully saturated rings. The molecular formula is C18H30N6O. The molecule has 1 aliphatic carbocycles. The Kier molecular flexibility index (Phi) is 6.85. The average Bonchev–Trinajstić information content (AvgIpc) is 2.67. The van der Waals surface area contributed by atoms with Gasteiger partial charge in [0.1, 0.15) is 0 Å². The molecule has 0 radical (unpaired) electrons. The molecule has 1 aromatic heterocycles. The fourth-order valence-corrected chi connectivity index (χ4v) is 3.61. The third-order valence-corrected chi connectivity index (χ3v) is 5.08. The summed E-state index contributed by atoms with van der Waals surface area (Å²) in [5, 5.41) is 6.09. The van der Waals surface area contributed by atoms with Crippen molar-refractivity contribution in [3.8, 4) is 0 Å². The monoisotopic (exact) mass is 346 g/mol. The Morgan fingerprint density at radius 1 is 1.08 bits per heavy atom. The summed E-state index contributed by atoms with van der Waals surface area (Å²) in [6.07, 6.45) is 10.6. The van der Waals surface area contributed by atoms with Crippen LogP contribution in [0.5, 0.6) is 0 Å². The van der Waals surface area contributed by atoms with Crippen LogP contribution in [0.2, 0.25) is 0 Å². The van der Waals surface area contributed by atoms with Gasteiger partial charge in [-0.3, -0.25) is 4.90 Å². The Morgan fingerprint density at radius 3 is 2.52 bits per heavy atom. The zero-order valence-electron chi connectivity index (χ0n) is 15.0. The van der Waals surface area contributed by atoms with Crippen LogP contribution >= 0.6 is 0 Å². The normalized spacial score (nSPS) is 19.6. The molecule has 25 heavy (non-hydrogen) atoms. The highest BCUT2D eigenvalue weighted by Crippen LogP contribution is 2.17. The van der Waals surface area contributed by atoms with Crippen molar-refractivity contribution in [2.45, 2.75) is 44.6 Å². The Labute approximate surface area is 150 Å². The number of urea groups is 1. The molecule has 0 spiro atoms. The van der Waals surface area contributed by atoms with Crippen molar-refractivity contribution in [1.29, 1.82) is 0 Å². The van der Waals surface area contributed by atoms with E-state index in [-0.39, 0.29) is 6.03 Å².